The quantitative estimate of drug-likeness (QED) is 0.776. The van der Waals surface area contributed by atoms with E-state index in [-0.39, 0.29) is 17.9 Å². The third kappa shape index (κ3) is 2.97. The van der Waals surface area contributed by atoms with Crippen molar-refractivity contribution < 1.29 is 9.90 Å². The first-order valence-corrected chi connectivity index (χ1v) is 6.29. The van der Waals surface area contributed by atoms with Gasteiger partial charge in [-0.2, -0.15) is 0 Å². The Bertz CT molecular complexity index is 251. The van der Waals surface area contributed by atoms with Crippen LogP contribution in [0.25, 0.3) is 0 Å². The average molecular weight is 227 g/mol. The molecule has 1 unspecified atom stereocenters. The molecule has 0 aliphatic heterocycles. The molecule has 3 N–H and O–H groups in total. The van der Waals surface area contributed by atoms with Gasteiger partial charge in [0.05, 0.1) is 6.42 Å². The number of carboxylic acid groups (broad SMARTS) is 1. The van der Waals surface area contributed by atoms with Gasteiger partial charge in [0.25, 0.3) is 0 Å². The molecule has 3 nitrogen and oxygen atoms in total. The lowest BCUT2D eigenvalue weighted by Crippen LogP contribution is -2.46. The molecule has 0 aromatic carbocycles. The van der Waals surface area contributed by atoms with E-state index in [4.69, 9.17) is 10.8 Å². The molecule has 0 spiro atoms. The Hall–Kier alpha value is -0.570. The highest BCUT2D eigenvalue weighted by Gasteiger charge is 2.43. The number of hydrogen-bond donors (Lipinski definition) is 2. The van der Waals surface area contributed by atoms with Crippen LogP contribution in [0.15, 0.2) is 0 Å². The predicted molar refractivity (Wildman–Crippen MR) is 65.2 cm³/mol. The van der Waals surface area contributed by atoms with Crippen molar-refractivity contribution >= 4 is 5.97 Å². The summed E-state index contributed by atoms with van der Waals surface area (Å²) >= 11 is 0. The van der Waals surface area contributed by atoms with Crippen molar-refractivity contribution in [2.24, 2.45) is 16.6 Å². The molecule has 16 heavy (non-hydrogen) atoms. The third-order valence-electron chi connectivity index (χ3n) is 4.33. The molecule has 1 saturated carbocycles. The van der Waals surface area contributed by atoms with Gasteiger partial charge >= 0.3 is 5.97 Å². The lowest BCUT2D eigenvalue weighted by molar-refractivity contribution is -0.141. The number of nitrogens with two attached hydrogens (primary N) is 1. The summed E-state index contributed by atoms with van der Waals surface area (Å²) in [5.74, 6) is -0.705. The van der Waals surface area contributed by atoms with E-state index >= 15 is 0 Å². The minimum absolute atomic E-state index is 0.0275. The van der Waals surface area contributed by atoms with Gasteiger partial charge in [-0.3, -0.25) is 4.79 Å². The summed E-state index contributed by atoms with van der Waals surface area (Å²) in [5, 5.41) is 9.05. The van der Waals surface area contributed by atoms with Gasteiger partial charge in [-0.15, -0.1) is 0 Å². The van der Waals surface area contributed by atoms with Crippen molar-refractivity contribution in [3.8, 4) is 0 Å². The van der Waals surface area contributed by atoms with Crippen LogP contribution in [0.4, 0.5) is 0 Å². The standard InChI is InChI=1S/C13H25NO2/c1-4-10(14)13(9-11(15)16)7-5-12(2,3)6-8-13/h10H,4-9,14H2,1-3H3,(H,15,16). The number of rotatable bonds is 4. The topological polar surface area (TPSA) is 63.3 Å². The number of carbonyl (C=O) groups is 1. The summed E-state index contributed by atoms with van der Waals surface area (Å²) < 4.78 is 0. The molecule has 1 fully saturated rings. The second kappa shape index (κ2) is 4.74. The van der Waals surface area contributed by atoms with Gasteiger partial charge in [-0.25, -0.2) is 0 Å². The van der Waals surface area contributed by atoms with E-state index in [1.165, 1.54) is 0 Å². The number of carboxylic acids is 1. The van der Waals surface area contributed by atoms with Gasteiger partial charge in [0, 0.05) is 6.04 Å². The first-order chi connectivity index (χ1) is 7.31. The summed E-state index contributed by atoms with van der Waals surface area (Å²) in [4.78, 5) is 11.0. The zero-order valence-corrected chi connectivity index (χ0v) is 10.8. The SMILES string of the molecule is CCC(N)C1(CC(=O)O)CCC(C)(C)CC1. The van der Waals surface area contributed by atoms with Gasteiger partial charge < -0.3 is 10.8 Å². The first-order valence-electron chi connectivity index (χ1n) is 6.29. The summed E-state index contributed by atoms with van der Waals surface area (Å²) in [6, 6.07) is 0.0275. The Morgan fingerprint density at radius 3 is 2.19 bits per heavy atom. The van der Waals surface area contributed by atoms with Crippen LogP contribution in [-0.4, -0.2) is 17.1 Å². The summed E-state index contributed by atoms with van der Waals surface area (Å²) in [6.45, 7) is 6.57. The summed E-state index contributed by atoms with van der Waals surface area (Å²) in [5.41, 5.74) is 6.36. The van der Waals surface area contributed by atoms with Gasteiger partial charge in [0.15, 0.2) is 0 Å². The normalized spacial score (nSPS) is 25.0. The molecular formula is C13H25NO2. The molecule has 94 valence electrons. The number of aliphatic carboxylic acids is 1. The molecular weight excluding hydrogens is 202 g/mol. The molecule has 1 atom stereocenters. The fraction of sp³-hybridized carbons (Fsp3) is 0.923. The molecule has 0 aromatic heterocycles. The molecule has 0 aromatic rings. The van der Waals surface area contributed by atoms with Gasteiger partial charge in [-0.1, -0.05) is 20.8 Å². The second-order valence-corrected chi connectivity index (χ2v) is 6.11. The maximum absolute atomic E-state index is 11.0. The van der Waals surface area contributed by atoms with Crippen LogP contribution < -0.4 is 5.73 Å². The maximum Gasteiger partial charge on any atom is 0.303 e. The van der Waals surface area contributed by atoms with Crippen LogP contribution in [0.2, 0.25) is 0 Å². The van der Waals surface area contributed by atoms with E-state index in [2.05, 4.69) is 13.8 Å². The highest BCUT2D eigenvalue weighted by molar-refractivity contribution is 5.67. The zero-order chi connectivity index (χ0) is 12.4. The fourth-order valence-electron chi connectivity index (χ4n) is 2.84. The Kier molecular flexibility index (Phi) is 4.00. The minimum Gasteiger partial charge on any atom is -0.481 e. The van der Waals surface area contributed by atoms with Crippen molar-refractivity contribution in [2.75, 3.05) is 0 Å². The van der Waals surface area contributed by atoms with E-state index in [0.29, 0.717) is 5.41 Å². The van der Waals surface area contributed by atoms with Gasteiger partial charge in [0.1, 0.15) is 0 Å². The highest BCUT2D eigenvalue weighted by atomic mass is 16.4. The molecule has 0 saturated heterocycles. The molecule has 3 heteroatoms. The van der Waals surface area contributed by atoms with Crippen LogP contribution in [0.1, 0.15) is 59.3 Å². The van der Waals surface area contributed by atoms with Crippen LogP contribution in [0.5, 0.6) is 0 Å². The van der Waals surface area contributed by atoms with E-state index in [0.717, 1.165) is 32.1 Å². The van der Waals surface area contributed by atoms with E-state index in [1.807, 2.05) is 6.92 Å². The van der Waals surface area contributed by atoms with Crippen LogP contribution in [0.3, 0.4) is 0 Å². The monoisotopic (exact) mass is 227 g/mol. The van der Waals surface area contributed by atoms with E-state index in [9.17, 15) is 4.79 Å². The Morgan fingerprint density at radius 2 is 1.81 bits per heavy atom. The zero-order valence-electron chi connectivity index (χ0n) is 10.8. The second-order valence-electron chi connectivity index (χ2n) is 6.11. The summed E-state index contributed by atoms with van der Waals surface area (Å²) in [6.07, 6.45) is 5.20. The number of hydrogen-bond acceptors (Lipinski definition) is 2. The van der Waals surface area contributed by atoms with Gasteiger partial charge in [0.2, 0.25) is 0 Å². The van der Waals surface area contributed by atoms with Crippen LogP contribution in [-0.2, 0) is 4.79 Å². The maximum atomic E-state index is 11.0. The lowest BCUT2D eigenvalue weighted by Gasteiger charge is -2.46. The Balaban J connectivity index is 2.78. The third-order valence-corrected chi connectivity index (χ3v) is 4.33. The van der Waals surface area contributed by atoms with E-state index < -0.39 is 5.97 Å². The molecule has 0 heterocycles. The smallest absolute Gasteiger partial charge is 0.303 e. The van der Waals surface area contributed by atoms with Crippen LogP contribution >= 0.6 is 0 Å². The Morgan fingerprint density at radius 1 is 1.31 bits per heavy atom. The fourth-order valence-corrected chi connectivity index (χ4v) is 2.84. The molecule has 0 amide bonds. The van der Waals surface area contributed by atoms with Crippen molar-refractivity contribution in [3.05, 3.63) is 0 Å². The van der Waals surface area contributed by atoms with Crippen molar-refractivity contribution in [2.45, 2.75) is 65.3 Å². The molecule has 0 bridgehead atoms. The molecule has 1 aliphatic rings. The average Bonchev–Trinajstić information content (AvgIpc) is 2.20. The van der Waals surface area contributed by atoms with Crippen LogP contribution in [0, 0.1) is 10.8 Å². The molecule has 1 rings (SSSR count). The highest BCUT2D eigenvalue weighted by Crippen LogP contribution is 2.48. The van der Waals surface area contributed by atoms with Crippen molar-refractivity contribution in [1.82, 2.24) is 0 Å². The molecule has 0 radical (unpaired) electrons. The lowest BCUT2D eigenvalue weighted by atomic mass is 9.60. The minimum atomic E-state index is -0.705. The van der Waals surface area contributed by atoms with Crippen molar-refractivity contribution in [1.29, 1.82) is 0 Å². The summed E-state index contributed by atoms with van der Waals surface area (Å²) in [7, 11) is 0. The first kappa shape index (κ1) is 13.5. The largest absolute Gasteiger partial charge is 0.481 e. The molecule has 1 aliphatic carbocycles. The Labute approximate surface area is 98.4 Å². The predicted octanol–water partition coefficient (Wildman–Crippen LogP) is 2.79. The van der Waals surface area contributed by atoms with Gasteiger partial charge in [-0.05, 0) is 42.9 Å². The van der Waals surface area contributed by atoms with Crippen molar-refractivity contribution in [3.63, 3.8) is 0 Å². The van der Waals surface area contributed by atoms with E-state index in [1.54, 1.807) is 0 Å².